The fourth-order valence-electron chi connectivity index (χ4n) is 1.65. The van der Waals surface area contributed by atoms with Crippen LogP contribution < -0.4 is 0 Å². The van der Waals surface area contributed by atoms with E-state index in [2.05, 4.69) is 9.97 Å². The van der Waals surface area contributed by atoms with Gasteiger partial charge in [-0.1, -0.05) is 0 Å². The monoisotopic (exact) mass is 234 g/mol. The Kier molecular flexibility index (Phi) is 3.22. The molecule has 2 rings (SSSR count). The number of carbonyl (C=O) groups is 1. The SMILES string of the molecule is COC(=O)c1cnc(C)n1CCn1ccnc1. The van der Waals surface area contributed by atoms with Crippen molar-refractivity contribution >= 4 is 5.97 Å². The Morgan fingerprint density at radius 2 is 2.29 bits per heavy atom. The van der Waals surface area contributed by atoms with Crippen LogP contribution in [0.2, 0.25) is 0 Å². The summed E-state index contributed by atoms with van der Waals surface area (Å²) in [6, 6.07) is 0. The highest BCUT2D eigenvalue weighted by Gasteiger charge is 2.14. The van der Waals surface area contributed by atoms with Crippen LogP contribution >= 0.6 is 0 Å². The van der Waals surface area contributed by atoms with Crippen molar-refractivity contribution in [2.75, 3.05) is 7.11 Å². The van der Waals surface area contributed by atoms with Gasteiger partial charge in [-0.25, -0.2) is 14.8 Å². The molecule has 2 aromatic heterocycles. The molecule has 90 valence electrons. The maximum absolute atomic E-state index is 11.5. The van der Waals surface area contributed by atoms with E-state index in [1.54, 1.807) is 12.5 Å². The topological polar surface area (TPSA) is 61.9 Å². The Hall–Kier alpha value is -2.11. The third-order valence-corrected chi connectivity index (χ3v) is 2.59. The number of aryl methyl sites for hydroxylation is 2. The van der Waals surface area contributed by atoms with Gasteiger partial charge in [0, 0.05) is 25.5 Å². The van der Waals surface area contributed by atoms with E-state index >= 15 is 0 Å². The van der Waals surface area contributed by atoms with E-state index in [0.29, 0.717) is 12.2 Å². The highest BCUT2D eigenvalue weighted by atomic mass is 16.5. The Morgan fingerprint density at radius 3 is 2.94 bits per heavy atom. The van der Waals surface area contributed by atoms with Crippen LogP contribution in [-0.2, 0) is 17.8 Å². The maximum Gasteiger partial charge on any atom is 0.356 e. The molecule has 0 atom stereocenters. The van der Waals surface area contributed by atoms with E-state index in [1.807, 2.05) is 22.3 Å². The zero-order valence-electron chi connectivity index (χ0n) is 9.83. The van der Waals surface area contributed by atoms with Crippen molar-refractivity contribution in [3.8, 4) is 0 Å². The zero-order valence-corrected chi connectivity index (χ0v) is 9.83. The van der Waals surface area contributed by atoms with Gasteiger partial charge >= 0.3 is 5.97 Å². The molecule has 0 amide bonds. The smallest absolute Gasteiger partial charge is 0.356 e. The standard InChI is InChI=1S/C11H14N4O2/c1-9-13-7-10(11(16)17-2)15(9)6-5-14-4-3-12-8-14/h3-4,7-8H,5-6H2,1-2H3. The van der Waals surface area contributed by atoms with Gasteiger partial charge in [0.2, 0.25) is 0 Å². The second kappa shape index (κ2) is 4.82. The summed E-state index contributed by atoms with van der Waals surface area (Å²) in [6.07, 6.45) is 6.88. The lowest BCUT2D eigenvalue weighted by Gasteiger charge is -2.09. The van der Waals surface area contributed by atoms with Crippen LogP contribution in [0.4, 0.5) is 0 Å². The predicted molar refractivity (Wildman–Crippen MR) is 60.5 cm³/mol. The predicted octanol–water partition coefficient (Wildman–Crippen LogP) is 0.875. The molecule has 0 bridgehead atoms. The second-order valence-corrected chi connectivity index (χ2v) is 3.63. The molecule has 2 aromatic rings. The van der Waals surface area contributed by atoms with Crippen LogP contribution in [-0.4, -0.2) is 32.2 Å². The minimum Gasteiger partial charge on any atom is -0.464 e. The second-order valence-electron chi connectivity index (χ2n) is 3.63. The molecule has 0 aliphatic carbocycles. The van der Waals surface area contributed by atoms with Crippen LogP contribution in [0, 0.1) is 6.92 Å². The fraction of sp³-hybridized carbons (Fsp3) is 0.364. The number of carbonyl (C=O) groups excluding carboxylic acids is 1. The molecule has 0 saturated heterocycles. The third kappa shape index (κ3) is 2.35. The van der Waals surface area contributed by atoms with Crippen LogP contribution in [0.1, 0.15) is 16.3 Å². The molecule has 0 unspecified atom stereocenters. The number of methoxy groups -OCH3 is 1. The lowest BCUT2D eigenvalue weighted by Crippen LogP contribution is -2.14. The molecule has 0 radical (unpaired) electrons. The van der Waals surface area contributed by atoms with Gasteiger partial charge in [0.1, 0.15) is 11.5 Å². The molecule has 0 aromatic carbocycles. The summed E-state index contributed by atoms with van der Waals surface area (Å²) in [5.74, 6) is 0.432. The van der Waals surface area contributed by atoms with Crippen molar-refractivity contribution in [3.05, 3.63) is 36.4 Å². The maximum atomic E-state index is 11.5. The number of imidazole rings is 2. The van der Waals surface area contributed by atoms with Crippen molar-refractivity contribution in [1.29, 1.82) is 0 Å². The average molecular weight is 234 g/mol. The number of hydrogen-bond donors (Lipinski definition) is 0. The number of rotatable bonds is 4. The number of hydrogen-bond acceptors (Lipinski definition) is 4. The molecule has 0 aliphatic heterocycles. The van der Waals surface area contributed by atoms with Crippen molar-refractivity contribution in [2.45, 2.75) is 20.0 Å². The molecule has 0 spiro atoms. The molecular weight excluding hydrogens is 220 g/mol. The Balaban J connectivity index is 2.14. The highest BCUT2D eigenvalue weighted by molar-refractivity contribution is 5.87. The van der Waals surface area contributed by atoms with Gasteiger partial charge in [-0.05, 0) is 6.92 Å². The van der Waals surface area contributed by atoms with E-state index in [9.17, 15) is 4.79 Å². The van der Waals surface area contributed by atoms with E-state index < -0.39 is 0 Å². The van der Waals surface area contributed by atoms with Gasteiger partial charge < -0.3 is 13.9 Å². The molecule has 0 aliphatic rings. The summed E-state index contributed by atoms with van der Waals surface area (Å²) in [4.78, 5) is 19.6. The zero-order chi connectivity index (χ0) is 12.3. The molecule has 0 saturated carbocycles. The summed E-state index contributed by atoms with van der Waals surface area (Å²) in [6.45, 7) is 3.26. The number of esters is 1. The first kappa shape index (κ1) is 11.4. The molecule has 6 nitrogen and oxygen atoms in total. The lowest BCUT2D eigenvalue weighted by atomic mass is 10.4. The molecule has 6 heteroatoms. The number of ether oxygens (including phenoxy) is 1. The van der Waals surface area contributed by atoms with Crippen molar-refractivity contribution in [2.24, 2.45) is 0 Å². The van der Waals surface area contributed by atoms with E-state index in [0.717, 1.165) is 12.4 Å². The first-order valence-corrected chi connectivity index (χ1v) is 5.28. The Labute approximate surface area is 98.9 Å². The highest BCUT2D eigenvalue weighted by Crippen LogP contribution is 2.06. The Bertz CT molecular complexity index is 502. The molecule has 0 fully saturated rings. The first-order chi connectivity index (χ1) is 8.22. The van der Waals surface area contributed by atoms with Crippen molar-refractivity contribution in [1.82, 2.24) is 19.1 Å². The van der Waals surface area contributed by atoms with Crippen LogP contribution in [0.15, 0.2) is 24.9 Å². The number of aromatic nitrogens is 4. The van der Waals surface area contributed by atoms with Crippen LogP contribution in [0.25, 0.3) is 0 Å². The van der Waals surface area contributed by atoms with Crippen LogP contribution in [0.5, 0.6) is 0 Å². The van der Waals surface area contributed by atoms with Gasteiger partial charge in [-0.3, -0.25) is 0 Å². The van der Waals surface area contributed by atoms with Crippen LogP contribution in [0.3, 0.4) is 0 Å². The average Bonchev–Trinajstić information content (AvgIpc) is 2.95. The first-order valence-electron chi connectivity index (χ1n) is 5.28. The molecule has 17 heavy (non-hydrogen) atoms. The molecule has 0 N–H and O–H groups in total. The fourth-order valence-corrected chi connectivity index (χ4v) is 1.65. The minimum absolute atomic E-state index is 0.365. The van der Waals surface area contributed by atoms with E-state index in [-0.39, 0.29) is 5.97 Å². The Morgan fingerprint density at radius 1 is 1.47 bits per heavy atom. The summed E-state index contributed by atoms with van der Waals surface area (Å²) >= 11 is 0. The van der Waals surface area contributed by atoms with E-state index in [4.69, 9.17) is 4.74 Å². The van der Waals surface area contributed by atoms with Gasteiger partial charge in [0.05, 0.1) is 19.6 Å². The normalized spacial score (nSPS) is 10.5. The summed E-state index contributed by atoms with van der Waals surface area (Å²) in [5, 5.41) is 0. The van der Waals surface area contributed by atoms with Crippen molar-refractivity contribution < 1.29 is 9.53 Å². The third-order valence-electron chi connectivity index (χ3n) is 2.59. The van der Waals surface area contributed by atoms with Gasteiger partial charge in [-0.2, -0.15) is 0 Å². The van der Waals surface area contributed by atoms with Crippen molar-refractivity contribution in [3.63, 3.8) is 0 Å². The summed E-state index contributed by atoms with van der Waals surface area (Å²) < 4.78 is 8.49. The minimum atomic E-state index is -0.365. The number of nitrogens with zero attached hydrogens (tertiary/aromatic N) is 4. The molecule has 2 heterocycles. The van der Waals surface area contributed by atoms with Gasteiger partial charge in [0.15, 0.2) is 0 Å². The quantitative estimate of drug-likeness (QED) is 0.736. The van der Waals surface area contributed by atoms with Gasteiger partial charge in [0.25, 0.3) is 0 Å². The summed E-state index contributed by atoms with van der Waals surface area (Å²) in [7, 11) is 1.37. The molecular formula is C11H14N4O2. The lowest BCUT2D eigenvalue weighted by molar-refractivity contribution is 0.0587. The largest absolute Gasteiger partial charge is 0.464 e. The summed E-state index contributed by atoms with van der Waals surface area (Å²) in [5.41, 5.74) is 0.477. The van der Waals surface area contributed by atoms with E-state index in [1.165, 1.54) is 13.3 Å². The van der Waals surface area contributed by atoms with Gasteiger partial charge in [-0.15, -0.1) is 0 Å².